The number of nitrogens with zero attached hydrogens (tertiary/aromatic N) is 4. The zero-order valence-electron chi connectivity index (χ0n) is 18.8. The molecule has 0 saturated carbocycles. The van der Waals surface area contributed by atoms with Crippen molar-refractivity contribution >= 4 is 11.6 Å². The monoisotopic (exact) mass is 435 g/mol. The maximum Gasteiger partial charge on any atom is 0.237 e. The number of nitrogens with one attached hydrogen (secondary N) is 3. The average Bonchev–Trinajstić information content (AvgIpc) is 3.25. The Balaban J connectivity index is 1.59. The third kappa shape index (κ3) is 4.58. The first kappa shape index (κ1) is 21.8. The number of hydrogen-bond donors (Lipinski definition) is 3. The van der Waals surface area contributed by atoms with Crippen molar-refractivity contribution in [1.82, 2.24) is 30.3 Å². The first-order valence-corrected chi connectivity index (χ1v) is 10.6. The Hall–Kier alpha value is -3.43. The second kappa shape index (κ2) is 9.37. The van der Waals surface area contributed by atoms with Gasteiger partial charge >= 0.3 is 0 Å². The molecular weight excluding hydrogens is 406 g/mol. The third-order valence-electron chi connectivity index (χ3n) is 5.34. The molecule has 3 aromatic rings. The van der Waals surface area contributed by atoms with E-state index in [0.717, 1.165) is 34.9 Å². The van der Waals surface area contributed by atoms with Gasteiger partial charge in [-0.15, -0.1) is 5.10 Å². The Morgan fingerprint density at radius 3 is 2.69 bits per heavy atom. The van der Waals surface area contributed by atoms with Crippen molar-refractivity contribution in [1.29, 1.82) is 0 Å². The van der Waals surface area contributed by atoms with Gasteiger partial charge in [0.1, 0.15) is 5.75 Å². The maximum atomic E-state index is 12.6. The molecule has 1 unspecified atom stereocenters. The highest BCUT2D eigenvalue weighted by atomic mass is 16.5. The summed E-state index contributed by atoms with van der Waals surface area (Å²) in [7, 11) is 5.59. The van der Waals surface area contributed by atoms with E-state index in [1.54, 1.807) is 11.8 Å². The normalized spacial score (nSPS) is 15.5. The second-order valence-corrected chi connectivity index (χ2v) is 8.01. The van der Waals surface area contributed by atoms with Gasteiger partial charge in [-0.1, -0.05) is 12.1 Å². The van der Waals surface area contributed by atoms with E-state index in [1.807, 2.05) is 74.4 Å². The molecule has 9 heteroatoms. The molecule has 168 valence electrons. The predicted octanol–water partition coefficient (Wildman–Crippen LogP) is 2.16. The first-order chi connectivity index (χ1) is 15.5. The zero-order valence-corrected chi connectivity index (χ0v) is 18.8. The van der Waals surface area contributed by atoms with Crippen LogP contribution in [0.1, 0.15) is 13.2 Å². The second-order valence-electron chi connectivity index (χ2n) is 8.01. The molecule has 9 nitrogen and oxygen atoms in total. The van der Waals surface area contributed by atoms with Gasteiger partial charge in [0.2, 0.25) is 5.91 Å². The molecule has 1 aliphatic rings. The van der Waals surface area contributed by atoms with E-state index in [1.165, 1.54) is 0 Å². The van der Waals surface area contributed by atoms with E-state index in [9.17, 15) is 4.79 Å². The number of carbonyl (C=O) groups is 1. The van der Waals surface area contributed by atoms with Crippen LogP contribution in [0.4, 0.5) is 5.69 Å². The van der Waals surface area contributed by atoms with Crippen LogP contribution in [0.25, 0.3) is 22.8 Å². The SMILES string of the molecule is COc1ccc(-c2nc3n(n2)C(N[C@H](C)C(=O)NCCN(C)C)Nc2ccccc2-3)cc1. The fourth-order valence-corrected chi connectivity index (χ4v) is 3.54. The number of carbonyl (C=O) groups excluding carboxylic acids is 1. The summed E-state index contributed by atoms with van der Waals surface area (Å²) in [6, 6.07) is 15.2. The van der Waals surface area contributed by atoms with Crippen molar-refractivity contribution in [3.63, 3.8) is 0 Å². The smallest absolute Gasteiger partial charge is 0.237 e. The molecule has 2 atom stereocenters. The van der Waals surface area contributed by atoms with Crippen LogP contribution < -0.4 is 20.7 Å². The number of fused-ring (bicyclic) bond motifs is 3. The van der Waals surface area contributed by atoms with Crippen LogP contribution in [-0.4, -0.2) is 65.9 Å². The summed E-state index contributed by atoms with van der Waals surface area (Å²) in [6.07, 6.45) is -0.422. The first-order valence-electron chi connectivity index (χ1n) is 10.6. The minimum absolute atomic E-state index is 0.0652. The number of ether oxygens (including phenoxy) is 1. The molecule has 3 N–H and O–H groups in total. The molecule has 1 amide bonds. The Morgan fingerprint density at radius 1 is 1.22 bits per heavy atom. The quantitative estimate of drug-likeness (QED) is 0.499. The van der Waals surface area contributed by atoms with Crippen molar-refractivity contribution < 1.29 is 9.53 Å². The van der Waals surface area contributed by atoms with Crippen LogP contribution in [0.3, 0.4) is 0 Å². The topological polar surface area (TPSA) is 96.3 Å². The van der Waals surface area contributed by atoms with Crippen LogP contribution in [0.15, 0.2) is 48.5 Å². The van der Waals surface area contributed by atoms with Gasteiger partial charge in [-0.25, -0.2) is 9.67 Å². The summed E-state index contributed by atoms with van der Waals surface area (Å²) in [5.41, 5.74) is 2.78. The van der Waals surface area contributed by atoms with Crippen LogP contribution in [-0.2, 0) is 4.79 Å². The predicted molar refractivity (Wildman–Crippen MR) is 124 cm³/mol. The van der Waals surface area contributed by atoms with E-state index >= 15 is 0 Å². The molecule has 0 bridgehead atoms. The standard InChI is InChI=1S/C23H29N7O2/c1-15(22(31)24-13-14-29(2)3)25-23-26-19-8-6-5-7-18(19)21-27-20(28-30(21)23)16-9-11-17(32-4)12-10-16/h5-12,15,23,25-26H,13-14H2,1-4H3,(H,24,31)/t15-,23?/m1/s1. The summed E-state index contributed by atoms with van der Waals surface area (Å²) in [6.45, 7) is 3.22. The van der Waals surface area contributed by atoms with Crippen molar-refractivity contribution in [3.05, 3.63) is 48.5 Å². The number of benzene rings is 2. The van der Waals surface area contributed by atoms with Crippen LogP contribution >= 0.6 is 0 Å². The number of para-hydroxylation sites is 1. The van der Waals surface area contributed by atoms with Gasteiger partial charge < -0.3 is 20.3 Å². The van der Waals surface area contributed by atoms with Crippen molar-refractivity contribution in [2.24, 2.45) is 0 Å². The maximum absolute atomic E-state index is 12.6. The molecule has 4 rings (SSSR count). The summed E-state index contributed by atoms with van der Waals surface area (Å²) in [5.74, 6) is 2.06. The fourth-order valence-electron chi connectivity index (χ4n) is 3.54. The number of likely N-dealkylation sites (N-methyl/N-ethyl adjacent to an activating group) is 1. The number of rotatable bonds is 8. The lowest BCUT2D eigenvalue weighted by atomic mass is 10.1. The minimum atomic E-state index is -0.429. The van der Waals surface area contributed by atoms with Gasteiger partial charge in [0.05, 0.1) is 13.2 Å². The number of methoxy groups -OCH3 is 1. The lowest BCUT2D eigenvalue weighted by molar-refractivity contribution is -0.123. The van der Waals surface area contributed by atoms with Crippen LogP contribution in [0.5, 0.6) is 5.75 Å². The Kier molecular flexibility index (Phi) is 6.38. The van der Waals surface area contributed by atoms with E-state index in [2.05, 4.69) is 16.0 Å². The molecule has 1 aromatic heterocycles. The molecule has 2 heterocycles. The average molecular weight is 436 g/mol. The van der Waals surface area contributed by atoms with E-state index in [0.29, 0.717) is 12.4 Å². The molecule has 2 aromatic carbocycles. The molecule has 0 spiro atoms. The minimum Gasteiger partial charge on any atom is -0.497 e. The largest absolute Gasteiger partial charge is 0.497 e. The number of hydrogen-bond acceptors (Lipinski definition) is 7. The van der Waals surface area contributed by atoms with E-state index < -0.39 is 12.3 Å². The summed E-state index contributed by atoms with van der Waals surface area (Å²) in [4.78, 5) is 19.4. The number of amides is 1. The van der Waals surface area contributed by atoms with E-state index in [-0.39, 0.29) is 5.91 Å². The molecule has 0 aliphatic carbocycles. The molecule has 0 saturated heterocycles. The van der Waals surface area contributed by atoms with Gasteiger partial charge in [-0.2, -0.15) is 0 Å². The van der Waals surface area contributed by atoms with Crippen molar-refractivity contribution in [3.8, 4) is 28.5 Å². The Bertz CT molecular complexity index is 1080. The summed E-state index contributed by atoms with van der Waals surface area (Å²) in [5, 5.41) is 14.5. The van der Waals surface area contributed by atoms with Crippen LogP contribution in [0.2, 0.25) is 0 Å². The number of anilines is 1. The fraction of sp³-hybridized carbons (Fsp3) is 0.348. The molecular formula is C23H29N7O2. The summed E-state index contributed by atoms with van der Waals surface area (Å²) >= 11 is 0. The van der Waals surface area contributed by atoms with Gasteiger partial charge in [0.25, 0.3) is 0 Å². The van der Waals surface area contributed by atoms with Crippen LogP contribution in [0, 0.1) is 0 Å². The van der Waals surface area contributed by atoms with Gasteiger partial charge in [-0.05, 0) is 57.4 Å². The molecule has 0 radical (unpaired) electrons. The third-order valence-corrected chi connectivity index (χ3v) is 5.34. The molecule has 32 heavy (non-hydrogen) atoms. The summed E-state index contributed by atoms with van der Waals surface area (Å²) < 4.78 is 7.05. The highest BCUT2D eigenvalue weighted by molar-refractivity contribution is 5.81. The van der Waals surface area contributed by atoms with Gasteiger partial charge in [0.15, 0.2) is 17.9 Å². The van der Waals surface area contributed by atoms with Crippen molar-refractivity contribution in [2.45, 2.75) is 19.3 Å². The van der Waals surface area contributed by atoms with Gasteiger partial charge in [0, 0.05) is 29.9 Å². The van der Waals surface area contributed by atoms with Gasteiger partial charge in [-0.3, -0.25) is 10.1 Å². The number of aromatic nitrogens is 3. The van der Waals surface area contributed by atoms with E-state index in [4.69, 9.17) is 14.8 Å². The Labute approximate surface area is 187 Å². The molecule has 0 fully saturated rings. The Morgan fingerprint density at radius 2 is 1.97 bits per heavy atom. The lowest BCUT2D eigenvalue weighted by Crippen LogP contribution is -2.49. The lowest BCUT2D eigenvalue weighted by Gasteiger charge is -2.30. The highest BCUT2D eigenvalue weighted by Crippen LogP contribution is 2.35. The van der Waals surface area contributed by atoms with Crippen molar-refractivity contribution in [2.75, 3.05) is 39.6 Å². The highest BCUT2D eigenvalue weighted by Gasteiger charge is 2.29. The zero-order chi connectivity index (χ0) is 22.7. The molecule has 1 aliphatic heterocycles.